The first kappa shape index (κ1) is 19.2. The predicted molar refractivity (Wildman–Crippen MR) is 122 cm³/mol. The number of pyridine rings is 1. The molecule has 0 radical (unpaired) electrons. The van der Waals surface area contributed by atoms with Crippen LogP contribution in [0.15, 0.2) is 66.3 Å². The molecule has 6 heteroatoms. The average molecular weight is 402 g/mol. The highest BCUT2D eigenvalue weighted by molar-refractivity contribution is 7.18. The lowest BCUT2D eigenvalue weighted by Gasteiger charge is -2.14. The van der Waals surface area contributed by atoms with Crippen LogP contribution in [0, 0.1) is 0 Å². The topological polar surface area (TPSA) is 76.7 Å². The first-order chi connectivity index (χ1) is 14.2. The Morgan fingerprint density at radius 2 is 1.90 bits per heavy atom. The lowest BCUT2D eigenvalue weighted by atomic mass is 10.1. The van der Waals surface area contributed by atoms with Gasteiger partial charge in [0.25, 0.3) is 0 Å². The zero-order valence-corrected chi connectivity index (χ0v) is 17.1. The third kappa shape index (κ3) is 4.50. The largest absolute Gasteiger partial charge is 0.367 e. The van der Waals surface area contributed by atoms with E-state index < -0.39 is 0 Å². The van der Waals surface area contributed by atoms with E-state index in [2.05, 4.69) is 33.9 Å². The molecule has 0 saturated carbocycles. The van der Waals surface area contributed by atoms with Gasteiger partial charge in [-0.15, -0.1) is 11.3 Å². The molecule has 146 valence electrons. The van der Waals surface area contributed by atoms with Crippen LogP contribution in [-0.2, 0) is 6.42 Å². The first-order valence-electron chi connectivity index (χ1n) is 9.60. The van der Waals surface area contributed by atoms with Gasteiger partial charge in [0.1, 0.15) is 5.82 Å². The summed E-state index contributed by atoms with van der Waals surface area (Å²) < 4.78 is 1.04. The molecule has 0 amide bonds. The zero-order chi connectivity index (χ0) is 20.1. The summed E-state index contributed by atoms with van der Waals surface area (Å²) in [5, 5.41) is 5.58. The maximum Gasteiger partial charge on any atom is 0.162 e. The second-order valence-electron chi connectivity index (χ2n) is 6.83. The Morgan fingerprint density at radius 3 is 2.66 bits per heavy atom. The highest BCUT2D eigenvalue weighted by Gasteiger charge is 2.14. The summed E-state index contributed by atoms with van der Waals surface area (Å²) >= 11 is 1.65. The number of rotatable bonds is 7. The average Bonchev–Trinajstić information content (AvgIpc) is 3.16. The lowest BCUT2D eigenvalue weighted by Crippen LogP contribution is -2.31. The van der Waals surface area contributed by atoms with E-state index in [1.54, 1.807) is 23.7 Å². The molecular formula is C23H23N5S. The van der Waals surface area contributed by atoms with Crippen LogP contribution in [0.5, 0.6) is 0 Å². The Bertz CT molecular complexity index is 1110. The number of fused-ring (bicyclic) bond motifs is 1. The quantitative estimate of drug-likeness (QED) is 0.466. The number of benzene rings is 1. The van der Waals surface area contributed by atoms with Crippen LogP contribution < -0.4 is 11.1 Å². The van der Waals surface area contributed by atoms with Crippen molar-refractivity contribution in [3.8, 4) is 11.4 Å². The molecule has 0 aliphatic carbocycles. The van der Waals surface area contributed by atoms with Gasteiger partial charge in [-0.2, -0.15) is 0 Å². The van der Waals surface area contributed by atoms with Crippen LogP contribution in [0.25, 0.3) is 27.7 Å². The van der Waals surface area contributed by atoms with Crippen molar-refractivity contribution in [3.05, 3.63) is 77.4 Å². The summed E-state index contributed by atoms with van der Waals surface area (Å²) in [5.74, 6) is 1.51. The Hall–Kier alpha value is -3.09. The van der Waals surface area contributed by atoms with Gasteiger partial charge in [0.05, 0.1) is 10.2 Å². The monoisotopic (exact) mass is 401 g/mol. The molecule has 4 aromatic rings. The highest BCUT2D eigenvalue weighted by atomic mass is 32.1. The molecule has 0 saturated heterocycles. The van der Waals surface area contributed by atoms with E-state index in [0.717, 1.165) is 33.6 Å². The van der Waals surface area contributed by atoms with Crippen molar-refractivity contribution in [2.75, 3.05) is 11.9 Å². The third-order valence-electron chi connectivity index (χ3n) is 4.60. The molecule has 0 aliphatic heterocycles. The molecule has 1 unspecified atom stereocenters. The van der Waals surface area contributed by atoms with E-state index in [-0.39, 0.29) is 6.04 Å². The summed E-state index contributed by atoms with van der Waals surface area (Å²) in [4.78, 5) is 13.7. The van der Waals surface area contributed by atoms with Gasteiger partial charge in [-0.1, -0.05) is 42.5 Å². The minimum atomic E-state index is -0.0123. The van der Waals surface area contributed by atoms with Crippen molar-refractivity contribution in [1.29, 1.82) is 0 Å². The molecule has 0 bridgehead atoms. The van der Waals surface area contributed by atoms with Crippen molar-refractivity contribution in [2.24, 2.45) is 5.73 Å². The maximum absolute atomic E-state index is 6.38. The van der Waals surface area contributed by atoms with Gasteiger partial charge in [0.15, 0.2) is 5.82 Å². The first-order valence-corrected chi connectivity index (χ1v) is 10.5. The zero-order valence-electron chi connectivity index (χ0n) is 16.2. The molecule has 5 nitrogen and oxygen atoms in total. The van der Waals surface area contributed by atoms with Gasteiger partial charge < -0.3 is 11.1 Å². The van der Waals surface area contributed by atoms with E-state index in [1.807, 2.05) is 43.3 Å². The van der Waals surface area contributed by atoms with E-state index in [0.29, 0.717) is 12.4 Å². The Morgan fingerprint density at radius 1 is 1.10 bits per heavy atom. The SMILES string of the molecule is CC=Cc1csc2c(NCC(N)Cc3ccccc3)nc(-c3ccncc3)nc12. The molecule has 4 rings (SSSR count). The lowest BCUT2D eigenvalue weighted by molar-refractivity contribution is 0.698. The summed E-state index contributed by atoms with van der Waals surface area (Å²) in [5.41, 5.74) is 10.6. The van der Waals surface area contributed by atoms with Crippen LogP contribution in [0.4, 0.5) is 5.82 Å². The van der Waals surface area contributed by atoms with Gasteiger partial charge in [-0.25, -0.2) is 9.97 Å². The van der Waals surface area contributed by atoms with Gasteiger partial charge in [0.2, 0.25) is 0 Å². The summed E-state index contributed by atoms with van der Waals surface area (Å²) in [6.45, 7) is 2.64. The standard InChI is InChI=1S/C23H23N5S/c1-2-6-18-15-29-21-20(18)27-22(17-9-11-25-12-10-17)28-23(21)26-14-19(24)13-16-7-4-3-5-8-16/h2-12,15,19H,13-14,24H2,1H3,(H,26,27,28). The number of allylic oxidation sites excluding steroid dienone is 1. The fraction of sp³-hybridized carbons (Fsp3) is 0.174. The predicted octanol–water partition coefficient (Wildman–Crippen LogP) is 4.77. The summed E-state index contributed by atoms with van der Waals surface area (Å²) in [6, 6.07) is 14.1. The van der Waals surface area contributed by atoms with Crippen LogP contribution >= 0.6 is 11.3 Å². The Balaban J connectivity index is 1.63. The van der Waals surface area contributed by atoms with Crippen LogP contribution in [0.3, 0.4) is 0 Å². The van der Waals surface area contributed by atoms with Gasteiger partial charge in [-0.05, 0) is 31.0 Å². The van der Waals surface area contributed by atoms with Crippen molar-refractivity contribution >= 4 is 33.4 Å². The summed E-state index contributed by atoms with van der Waals surface area (Å²) in [7, 11) is 0. The molecule has 1 atom stereocenters. The number of anilines is 1. The van der Waals surface area contributed by atoms with Crippen LogP contribution in [0.2, 0.25) is 0 Å². The van der Waals surface area contributed by atoms with Crippen molar-refractivity contribution < 1.29 is 0 Å². The number of nitrogens with zero attached hydrogens (tertiary/aromatic N) is 3. The van der Waals surface area contributed by atoms with Gasteiger partial charge >= 0.3 is 0 Å². The highest BCUT2D eigenvalue weighted by Crippen LogP contribution is 2.32. The van der Waals surface area contributed by atoms with Crippen molar-refractivity contribution in [1.82, 2.24) is 15.0 Å². The number of aromatic nitrogens is 3. The van der Waals surface area contributed by atoms with Gasteiger partial charge in [-0.3, -0.25) is 4.98 Å². The number of hydrogen-bond acceptors (Lipinski definition) is 6. The van der Waals surface area contributed by atoms with Crippen LogP contribution in [-0.4, -0.2) is 27.5 Å². The van der Waals surface area contributed by atoms with Gasteiger partial charge in [0, 0.05) is 41.5 Å². The van der Waals surface area contributed by atoms with E-state index >= 15 is 0 Å². The van der Waals surface area contributed by atoms with Crippen LogP contribution in [0.1, 0.15) is 18.1 Å². The molecule has 3 heterocycles. The second kappa shape index (κ2) is 8.94. The number of nitrogens with one attached hydrogen (secondary N) is 1. The number of thiophene rings is 1. The number of nitrogens with two attached hydrogens (primary N) is 1. The number of hydrogen-bond donors (Lipinski definition) is 2. The van der Waals surface area contributed by atoms with E-state index in [9.17, 15) is 0 Å². The molecule has 0 aliphatic rings. The fourth-order valence-corrected chi connectivity index (χ4v) is 4.14. The van der Waals surface area contributed by atoms with Crippen molar-refractivity contribution in [2.45, 2.75) is 19.4 Å². The Labute approximate surface area is 174 Å². The second-order valence-corrected chi connectivity index (χ2v) is 7.71. The molecular weight excluding hydrogens is 378 g/mol. The fourth-order valence-electron chi connectivity index (χ4n) is 3.20. The Kier molecular flexibility index (Phi) is 5.93. The minimum Gasteiger partial charge on any atom is -0.367 e. The molecule has 29 heavy (non-hydrogen) atoms. The molecule has 3 aromatic heterocycles. The smallest absolute Gasteiger partial charge is 0.162 e. The maximum atomic E-state index is 6.38. The molecule has 0 spiro atoms. The normalized spacial score (nSPS) is 12.5. The van der Waals surface area contributed by atoms with E-state index in [1.165, 1.54) is 5.56 Å². The molecule has 3 N–H and O–H groups in total. The molecule has 1 aromatic carbocycles. The molecule has 0 fully saturated rings. The van der Waals surface area contributed by atoms with E-state index in [4.69, 9.17) is 15.7 Å². The minimum absolute atomic E-state index is 0.0123. The van der Waals surface area contributed by atoms with Crippen molar-refractivity contribution in [3.63, 3.8) is 0 Å². The summed E-state index contributed by atoms with van der Waals surface area (Å²) in [6.07, 6.45) is 8.43. The third-order valence-corrected chi connectivity index (χ3v) is 5.59.